The molecule has 0 aliphatic carbocycles. The first-order chi connectivity index (χ1) is 10.3. The van der Waals surface area contributed by atoms with E-state index in [2.05, 4.69) is 11.8 Å². The molecule has 0 aromatic heterocycles. The molecule has 23 heavy (non-hydrogen) atoms. The SMILES string of the molecule is CCCCCCCC[N+]12CCN(CC1)CC2.F[P-](F)(F)(F)(F)F. The van der Waals surface area contributed by atoms with E-state index < -0.39 is 7.81 Å². The molecule has 3 heterocycles. The van der Waals surface area contributed by atoms with Gasteiger partial charge in [0.2, 0.25) is 0 Å². The standard InChI is InChI=1S/C14H29N2.F6P/c1-2-3-4-5-6-7-11-16-12-8-15(9-13-16)10-14-16;1-7(2,3,4,5)6/h2-14H2,1H3;/q+1;-1. The zero-order valence-electron chi connectivity index (χ0n) is 13.8. The van der Waals surface area contributed by atoms with Gasteiger partial charge in [-0.05, 0) is 12.8 Å². The third-order valence-corrected chi connectivity index (χ3v) is 4.66. The van der Waals surface area contributed by atoms with Crippen LogP contribution in [0.4, 0.5) is 25.2 Å². The van der Waals surface area contributed by atoms with E-state index in [1.54, 1.807) is 0 Å². The minimum atomic E-state index is -10.7. The average Bonchev–Trinajstić information content (AvgIpc) is 2.41. The van der Waals surface area contributed by atoms with E-state index in [1.807, 2.05) is 0 Å². The number of nitrogens with zero attached hydrogens (tertiary/aromatic N) is 2. The molecule has 2 nitrogen and oxygen atoms in total. The summed E-state index contributed by atoms with van der Waals surface area (Å²) in [5.74, 6) is 0. The van der Waals surface area contributed by atoms with Crippen molar-refractivity contribution in [3.05, 3.63) is 0 Å². The van der Waals surface area contributed by atoms with E-state index in [-0.39, 0.29) is 0 Å². The van der Waals surface area contributed by atoms with E-state index >= 15 is 0 Å². The normalized spacial score (nSPS) is 30.1. The van der Waals surface area contributed by atoms with Crippen molar-refractivity contribution in [2.24, 2.45) is 0 Å². The van der Waals surface area contributed by atoms with Gasteiger partial charge < -0.3 is 4.48 Å². The molecule has 142 valence electrons. The molecular formula is C14H29F6N2P. The summed E-state index contributed by atoms with van der Waals surface area (Å²) in [4.78, 5) is 2.64. The van der Waals surface area contributed by atoms with Gasteiger partial charge in [-0.3, -0.25) is 4.90 Å². The summed E-state index contributed by atoms with van der Waals surface area (Å²) in [6.07, 6.45) is 8.70. The summed E-state index contributed by atoms with van der Waals surface area (Å²) in [7, 11) is -10.7. The topological polar surface area (TPSA) is 3.24 Å². The first kappa shape index (κ1) is 21.0. The van der Waals surface area contributed by atoms with Crippen molar-refractivity contribution in [2.75, 3.05) is 45.8 Å². The van der Waals surface area contributed by atoms with Crippen LogP contribution in [0.1, 0.15) is 45.4 Å². The quantitative estimate of drug-likeness (QED) is 0.234. The van der Waals surface area contributed by atoms with E-state index in [4.69, 9.17) is 0 Å². The zero-order valence-corrected chi connectivity index (χ0v) is 14.7. The molecule has 0 amide bonds. The monoisotopic (exact) mass is 370 g/mol. The molecule has 0 saturated carbocycles. The fourth-order valence-corrected chi connectivity index (χ4v) is 3.29. The number of rotatable bonds is 7. The number of halogens is 6. The van der Waals surface area contributed by atoms with Crippen molar-refractivity contribution in [1.82, 2.24) is 4.90 Å². The number of hydrogen-bond donors (Lipinski definition) is 0. The zero-order chi connectivity index (χ0) is 17.7. The molecule has 2 bridgehead atoms. The maximum atomic E-state index is 9.87. The van der Waals surface area contributed by atoms with E-state index in [0.717, 1.165) is 0 Å². The van der Waals surface area contributed by atoms with Crippen molar-refractivity contribution in [3.63, 3.8) is 0 Å². The van der Waals surface area contributed by atoms with Crippen LogP contribution in [0, 0.1) is 0 Å². The van der Waals surface area contributed by atoms with Gasteiger partial charge in [0, 0.05) is 19.6 Å². The van der Waals surface area contributed by atoms with Crippen LogP contribution in [-0.2, 0) is 0 Å². The Balaban J connectivity index is 0.000000322. The Labute approximate surface area is 134 Å². The summed E-state index contributed by atoms with van der Waals surface area (Å²) in [6.45, 7) is 12.2. The van der Waals surface area contributed by atoms with Gasteiger partial charge in [0.1, 0.15) is 0 Å². The predicted molar refractivity (Wildman–Crippen MR) is 83.1 cm³/mol. The average molecular weight is 370 g/mol. The minimum absolute atomic E-state index is 1.37. The number of unbranched alkanes of at least 4 members (excludes halogenated alkanes) is 5. The van der Waals surface area contributed by atoms with Crippen LogP contribution in [0.5, 0.6) is 0 Å². The Morgan fingerprint density at radius 1 is 0.739 bits per heavy atom. The molecule has 3 fully saturated rings. The van der Waals surface area contributed by atoms with Crippen molar-refractivity contribution >= 4 is 7.81 Å². The first-order valence-corrected chi connectivity index (χ1v) is 10.5. The molecule has 0 unspecified atom stereocenters. The van der Waals surface area contributed by atoms with E-state index in [9.17, 15) is 25.2 Å². The third-order valence-electron chi connectivity index (χ3n) is 4.66. The van der Waals surface area contributed by atoms with Crippen LogP contribution in [-0.4, -0.2) is 55.2 Å². The van der Waals surface area contributed by atoms with Gasteiger partial charge in [-0.25, -0.2) is 0 Å². The fraction of sp³-hybridized carbons (Fsp3) is 1.00. The molecule has 0 radical (unpaired) electrons. The van der Waals surface area contributed by atoms with Crippen molar-refractivity contribution in [2.45, 2.75) is 45.4 Å². The molecule has 3 saturated heterocycles. The molecule has 0 N–H and O–H groups in total. The van der Waals surface area contributed by atoms with Crippen LogP contribution < -0.4 is 0 Å². The number of piperazine rings is 3. The Bertz CT molecular complexity index is 336. The van der Waals surface area contributed by atoms with Gasteiger partial charge in [0.05, 0.1) is 26.2 Å². The molecule has 0 aromatic rings. The van der Waals surface area contributed by atoms with Gasteiger partial charge in [-0.15, -0.1) is 0 Å². The van der Waals surface area contributed by atoms with Gasteiger partial charge in [-0.2, -0.15) is 0 Å². The summed E-state index contributed by atoms with van der Waals surface area (Å²) < 4.78 is 60.7. The molecular weight excluding hydrogens is 341 g/mol. The predicted octanol–water partition coefficient (Wildman–Crippen LogP) is 5.88. The summed E-state index contributed by atoms with van der Waals surface area (Å²) in [5, 5.41) is 0. The van der Waals surface area contributed by atoms with E-state index in [1.165, 1.54) is 88.8 Å². The van der Waals surface area contributed by atoms with Crippen molar-refractivity contribution in [1.29, 1.82) is 0 Å². The Morgan fingerprint density at radius 2 is 1.13 bits per heavy atom. The van der Waals surface area contributed by atoms with Crippen LogP contribution in [0.25, 0.3) is 0 Å². The maximum absolute atomic E-state index is 10.7. The van der Waals surface area contributed by atoms with Crippen molar-refractivity contribution in [3.8, 4) is 0 Å². The molecule has 0 aromatic carbocycles. The van der Waals surface area contributed by atoms with Gasteiger partial charge in [0.25, 0.3) is 0 Å². The first-order valence-electron chi connectivity index (χ1n) is 8.43. The Hall–Kier alpha value is -0.0700. The molecule has 0 spiro atoms. The summed E-state index contributed by atoms with van der Waals surface area (Å²) in [6, 6.07) is 0. The number of fused-ring (bicyclic) bond motifs is 3. The fourth-order valence-electron chi connectivity index (χ4n) is 3.29. The Kier molecular flexibility index (Phi) is 6.42. The second-order valence-electron chi connectivity index (χ2n) is 6.80. The summed E-state index contributed by atoms with van der Waals surface area (Å²) >= 11 is 0. The van der Waals surface area contributed by atoms with Crippen LogP contribution >= 0.6 is 7.81 Å². The molecule has 3 rings (SSSR count). The van der Waals surface area contributed by atoms with Gasteiger partial charge in [-0.1, -0.05) is 32.6 Å². The summed E-state index contributed by atoms with van der Waals surface area (Å²) in [5.41, 5.74) is 0. The third kappa shape index (κ3) is 12.0. The van der Waals surface area contributed by atoms with Crippen molar-refractivity contribution < 1.29 is 29.7 Å². The number of quaternary nitrogens is 1. The molecule has 0 atom stereocenters. The molecule has 3 aliphatic heterocycles. The van der Waals surface area contributed by atoms with E-state index in [0.29, 0.717) is 0 Å². The number of hydrogen-bond acceptors (Lipinski definition) is 1. The van der Waals surface area contributed by atoms with Crippen LogP contribution in [0.2, 0.25) is 0 Å². The Morgan fingerprint density at radius 3 is 1.57 bits per heavy atom. The second-order valence-corrected chi connectivity index (χ2v) is 8.72. The molecule has 9 heteroatoms. The second kappa shape index (κ2) is 7.04. The van der Waals surface area contributed by atoms with Crippen LogP contribution in [0.15, 0.2) is 0 Å². The molecule has 3 aliphatic rings. The van der Waals surface area contributed by atoms with Gasteiger partial charge in [0.15, 0.2) is 0 Å². The van der Waals surface area contributed by atoms with Crippen LogP contribution in [0.3, 0.4) is 0 Å². The van der Waals surface area contributed by atoms with Gasteiger partial charge >= 0.3 is 33.0 Å².